The van der Waals surface area contributed by atoms with Crippen molar-refractivity contribution in [2.24, 2.45) is 0 Å². The molecular weight excluding hydrogens is 314 g/mol. The Labute approximate surface area is 116 Å². The minimum absolute atomic E-state index is 0.254. The first-order chi connectivity index (χ1) is 9.11. The van der Waals surface area contributed by atoms with Gasteiger partial charge < -0.3 is 4.42 Å². The third-order valence-electron chi connectivity index (χ3n) is 2.40. The Hall–Kier alpha value is -2.21. The second kappa shape index (κ2) is 5.62. The van der Waals surface area contributed by atoms with Crippen LogP contribution in [0.1, 0.15) is 11.3 Å². The number of allylic oxidation sites excluding steroid dienone is 1. The van der Waals surface area contributed by atoms with Gasteiger partial charge in [-0.25, -0.2) is 0 Å². The van der Waals surface area contributed by atoms with Gasteiger partial charge in [-0.1, -0.05) is 34.1 Å². The van der Waals surface area contributed by atoms with E-state index in [0.29, 0.717) is 17.4 Å². The van der Waals surface area contributed by atoms with Gasteiger partial charge in [0.15, 0.2) is 6.29 Å². The number of carbonyl (C=O) groups is 1. The number of nitro groups is 1. The van der Waals surface area contributed by atoms with Crippen LogP contribution in [0.2, 0.25) is 0 Å². The zero-order chi connectivity index (χ0) is 13.8. The van der Waals surface area contributed by atoms with Crippen LogP contribution in [-0.4, -0.2) is 11.2 Å². The highest BCUT2D eigenvalue weighted by Gasteiger charge is 2.12. The highest BCUT2D eigenvalue weighted by molar-refractivity contribution is 9.10. The van der Waals surface area contributed by atoms with Crippen LogP contribution in [-0.2, 0) is 4.79 Å². The number of carbonyl (C=O) groups excluding carboxylic acids is 1. The summed E-state index contributed by atoms with van der Waals surface area (Å²) in [5.41, 5.74) is 1.06. The molecule has 0 aliphatic heterocycles. The Kier molecular flexibility index (Phi) is 3.91. The van der Waals surface area contributed by atoms with Crippen molar-refractivity contribution >= 4 is 39.7 Å². The maximum absolute atomic E-state index is 11.1. The number of benzene rings is 1. The lowest BCUT2D eigenvalue weighted by atomic mass is 10.1. The summed E-state index contributed by atoms with van der Waals surface area (Å²) in [7, 11) is 0. The molecule has 0 aliphatic rings. The SMILES string of the molecule is O=C/C(=C\c1ccc([N+](=O)[O-])o1)c1ccccc1Br. The summed E-state index contributed by atoms with van der Waals surface area (Å²) >= 11 is 3.34. The summed E-state index contributed by atoms with van der Waals surface area (Å²) in [6.07, 6.45) is 2.13. The molecule has 96 valence electrons. The van der Waals surface area contributed by atoms with Crippen LogP contribution in [0.5, 0.6) is 0 Å². The number of hydrogen-bond donors (Lipinski definition) is 0. The molecule has 0 amide bonds. The Morgan fingerprint density at radius 3 is 2.58 bits per heavy atom. The van der Waals surface area contributed by atoms with Gasteiger partial charge in [0.05, 0.1) is 6.07 Å². The zero-order valence-corrected chi connectivity index (χ0v) is 11.2. The fourth-order valence-corrected chi connectivity index (χ4v) is 2.06. The van der Waals surface area contributed by atoms with Crippen LogP contribution in [0.15, 0.2) is 45.3 Å². The molecule has 2 aromatic rings. The maximum atomic E-state index is 11.1. The molecule has 1 aromatic carbocycles. The summed E-state index contributed by atoms with van der Waals surface area (Å²) in [6, 6.07) is 9.88. The van der Waals surface area contributed by atoms with Crippen LogP contribution in [0.4, 0.5) is 5.88 Å². The Morgan fingerprint density at radius 1 is 1.26 bits per heavy atom. The third-order valence-corrected chi connectivity index (χ3v) is 3.09. The van der Waals surface area contributed by atoms with E-state index in [-0.39, 0.29) is 11.6 Å². The van der Waals surface area contributed by atoms with E-state index in [9.17, 15) is 14.9 Å². The van der Waals surface area contributed by atoms with E-state index in [4.69, 9.17) is 4.42 Å². The molecule has 0 saturated heterocycles. The molecule has 1 heterocycles. The smallest absolute Gasteiger partial charge is 0.401 e. The van der Waals surface area contributed by atoms with E-state index < -0.39 is 4.92 Å². The van der Waals surface area contributed by atoms with Crippen LogP contribution >= 0.6 is 15.9 Å². The molecule has 0 unspecified atom stereocenters. The number of rotatable bonds is 4. The quantitative estimate of drug-likeness (QED) is 0.372. The van der Waals surface area contributed by atoms with Crippen molar-refractivity contribution in [1.82, 2.24) is 0 Å². The monoisotopic (exact) mass is 321 g/mol. The number of nitrogens with zero attached hydrogens (tertiary/aromatic N) is 1. The fraction of sp³-hybridized carbons (Fsp3) is 0. The zero-order valence-electron chi connectivity index (χ0n) is 9.58. The van der Waals surface area contributed by atoms with Gasteiger partial charge in [-0.05, 0) is 23.8 Å². The van der Waals surface area contributed by atoms with Gasteiger partial charge in [0.2, 0.25) is 0 Å². The fourth-order valence-electron chi connectivity index (χ4n) is 1.54. The van der Waals surface area contributed by atoms with Crippen molar-refractivity contribution < 1.29 is 14.1 Å². The van der Waals surface area contributed by atoms with Crippen molar-refractivity contribution in [3.8, 4) is 0 Å². The first kappa shape index (κ1) is 13.2. The molecule has 5 nitrogen and oxygen atoms in total. The summed E-state index contributed by atoms with van der Waals surface area (Å²) in [5.74, 6) is -0.104. The molecule has 0 fully saturated rings. The van der Waals surface area contributed by atoms with Gasteiger partial charge in [-0.15, -0.1) is 0 Å². The van der Waals surface area contributed by atoms with Crippen LogP contribution in [0, 0.1) is 10.1 Å². The highest BCUT2D eigenvalue weighted by atomic mass is 79.9. The van der Waals surface area contributed by atoms with Crippen LogP contribution < -0.4 is 0 Å². The standard InChI is InChI=1S/C13H8BrNO4/c14-12-4-2-1-3-11(12)9(8-16)7-10-5-6-13(19-10)15(17)18/h1-8H/b9-7+. The van der Waals surface area contributed by atoms with Crippen molar-refractivity contribution in [2.75, 3.05) is 0 Å². The topological polar surface area (TPSA) is 73.3 Å². The lowest BCUT2D eigenvalue weighted by Gasteiger charge is -2.02. The minimum atomic E-state index is -0.629. The molecule has 0 radical (unpaired) electrons. The largest absolute Gasteiger partial charge is 0.433 e. The van der Waals surface area contributed by atoms with Gasteiger partial charge in [0.1, 0.15) is 10.7 Å². The van der Waals surface area contributed by atoms with Gasteiger partial charge in [-0.2, -0.15) is 0 Å². The first-order valence-electron chi connectivity index (χ1n) is 5.28. The van der Waals surface area contributed by atoms with Crippen LogP contribution in [0.3, 0.4) is 0 Å². The Bertz CT molecular complexity index is 660. The van der Waals surface area contributed by atoms with Gasteiger partial charge in [0, 0.05) is 10.0 Å². The Balaban J connectivity index is 2.41. The van der Waals surface area contributed by atoms with Crippen molar-refractivity contribution in [2.45, 2.75) is 0 Å². The van der Waals surface area contributed by atoms with E-state index in [1.54, 1.807) is 18.2 Å². The summed E-state index contributed by atoms with van der Waals surface area (Å²) in [4.78, 5) is 21.0. The van der Waals surface area contributed by atoms with Crippen LogP contribution in [0.25, 0.3) is 11.6 Å². The third kappa shape index (κ3) is 2.97. The number of furan rings is 1. The molecule has 0 aliphatic carbocycles. The molecule has 0 bridgehead atoms. The minimum Gasteiger partial charge on any atom is -0.401 e. The average Bonchev–Trinajstić information content (AvgIpc) is 2.86. The van der Waals surface area contributed by atoms with Crippen molar-refractivity contribution in [3.63, 3.8) is 0 Å². The van der Waals surface area contributed by atoms with Gasteiger partial charge in [-0.3, -0.25) is 14.9 Å². The molecule has 0 atom stereocenters. The predicted octanol–water partition coefficient (Wildman–Crippen LogP) is 3.69. The number of hydrogen-bond acceptors (Lipinski definition) is 4. The molecule has 0 N–H and O–H groups in total. The van der Waals surface area contributed by atoms with Gasteiger partial charge >= 0.3 is 5.88 Å². The van der Waals surface area contributed by atoms with Gasteiger partial charge in [0.25, 0.3) is 0 Å². The molecule has 2 rings (SSSR count). The lowest BCUT2D eigenvalue weighted by Crippen LogP contribution is -1.87. The predicted molar refractivity (Wildman–Crippen MR) is 73.4 cm³/mol. The van der Waals surface area contributed by atoms with Crippen molar-refractivity contribution in [1.29, 1.82) is 0 Å². The normalized spacial score (nSPS) is 11.3. The van der Waals surface area contributed by atoms with E-state index in [1.165, 1.54) is 18.2 Å². The second-order valence-corrected chi connectivity index (χ2v) is 4.48. The second-order valence-electron chi connectivity index (χ2n) is 3.63. The summed E-state index contributed by atoms with van der Waals surface area (Å²) in [5, 5.41) is 10.5. The molecule has 0 spiro atoms. The van der Waals surface area contributed by atoms with Crippen molar-refractivity contribution in [3.05, 3.63) is 62.3 Å². The summed E-state index contributed by atoms with van der Waals surface area (Å²) in [6.45, 7) is 0. The average molecular weight is 322 g/mol. The molecule has 6 heteroatoms. The number of halogens is 1. The Morgan fingerprint density at radius 2 is 2.00 bits per heavy atom. The lowest BCUT2D eigenvalue weighted by molar-refractivity contribution is -0.402. The van der Waals surface area contributed by atoms with E-state index in [1.807, 2.05) is 6.07 Å². The molecule has 1 aromatic heterocycles. The molecular formula is C13H8BrNO4. The first-order valence-corrected chi connectivity index (χ1v) is 6.07. The maximum Gasteiger partial charge on any atom is 0.433 e. The van der Waals surface area contributed by atoms with E-state index in [0.717, 1.165) is 4.47 Å². The van der Waals surface area contributed by atoms with E-state index >= 15 is 0 Å². The number of aldehydes is 1. The van der Waals surface area contributed by atoms with E-state index in [2.05, 4.69) is 15.9 Å². The molecule has 0 saturated carbocycles. The highest BCUT2D eigenvalue weighted by Crippen LogP contribution is 2.26. The summed E-state index contributed by atoms with van der Waals surface area (Å²) < 4.78 is 5.75. The molecule has 19 heavy (non-hydrogen) atoms.